The van der Waals surface area contributed by atoms with E-state index in [2.05, 4.69) is 14.7 Å². The Hall–Kier alpha value is -2.17. The Bertz CT molecular complexity index is 516. The van der Waals surface area contributed by atoms with Crippen LogP contribution >= 0.6 is 0 Å². The predicted molar refractivity (Wildman–Crippen MR) is 54.0 cm³/mol. The molecule has 2 heterocycles. The third-order valence-corrected chi connectivity index (χ3v) is 1.91. The number of carbonyl (C=O) groups excluding carboxylic acids is 1. The third kappa shape index (κ3) is 1.85. The maximum Gasteiger partial charge on any atom is 0.330 e. The maximum absolute atomic E-state index is 10.9. The highest BCUT2D eigenvalue weighted by Gasteiger charge is 2.00. The van der Waals surface area contributed by atoms with Gasteiger partial charge >= 0.3 is 5.97 Å². The lowest BCUT2D eigenvalue weighted by Gasteiger charge is -1.93. The molecule has 0 bridgehead atoms. The number of imidazole rings is 1. The Labute approximate surface area is 86.0 Å². The first-order valence-corrected chi connectivity index (χ1v) is 4.35. The van der Waals surface area contributed by atoms with E-state index in [9.17, 15) is 4.79 Å². The summed E-state index contributed by atoms with van der Waals surface area (Å²) in [6.45, 7) is 0. The fraction of sp³-hybridized carbons (Fsp3) is 0.100. The maximum atomic E-state index is 10.9. The van der Waals surface area contributed by atoms with Gasteiger partial charge in [0, 0.05) is 18.5 Å². The molecule has 0 unspecified atom stereocenters. The third-order valence-electron chi connectivity index (χ3n) is 1.91. The van der Waals surface area contributed by atoms with Gasteiger partial charge in [0.1, 0.15) is 0 Å². The van der Waals surface area contributed by atoms with Crippen LogP contribution in [0, 0.1) is 0 Å². The summed E-state index contributed by atoms with van der Waals surface area (Å²) in [6, 6.07) is 1.80. The zero-order valence-corrected chi connectivity index (χ0v) is 8.12. The van der Waals surface area contributed by atoms with Crippen LogP contribution in [-0.2, 0) is 9.53 Å². The summed E-state index contributed by atoms with van der Waals surface area (Å²) in [4.78, 5) is 19.0. The van der Waals surface area contributed by atoms with Gasteiger partial charge in [-0.2, -0.15) is 0 Å². The fourth-order valence-electron chi connectivity index (χ4n) is 1.19. The lowest BCUT2D eigenvalue weighted by atomic mass is 10.4. The van der Waals surface area contributed by atoms with Gasteiger partial charge in [-0.1, -0.05) is 0 Å². The smallest absolute Gasteiger partial charge is 0.330 e. The summed E-state index contributed by atoms with van der Waals surface area (Å²) in [7, 11) is 1.34. The van der Waals surface area contributed by atoms with Crippen molar-refractivity contribution in [2.24, 2.45) is 0 Å². The van der Waals surface area contributed by atoms with Gasteiger partial charge in [-0.25, -0.2) is 14.8 Å². The minimum atomic E-state index is -0.395. The van der Waals surface area contributed by atoms with E-state index in [-0.39, 0.29) is 0 Å². The van der Waals surface area contributed by atoms with Crippen molar-refractivity contribution in [3.8, 4) is 0 Å². The SMILES string of the molecule is COC(=O)C=Cc1cnc2ncccn12. The van der Waals surface area contributed by atoms with Crippen molar-refractivity contribution in [3.05, 3.63) is 36.4 Å². The van der Waals surface area contributed by atoms with E-state index >= 15 is 0 Å². The second kappa shape index (κ2) is 3.91. The summed E-state index contributed by atoms with van der Waals surface area (Å²) in [5.41, 5.74) is 0.781. The van der Waals surface area contributed by atoms with Crippen molar-refractivity contribution in [1.29, 1.82) is 0 Å². The average molecular weight is 203 g/mol. The van der Waals surface area contributed by atoms with Crippen LogP contribution < -0.4 is 0 Å². The van der Waals surface area contributed by atoms with Crippen LogP contribution in [0.1, 0.15) is 5.69 Å². The second-order valence-electron chi connectivity index (χ2n) is 2.83. The molecular formula is C10H9N3O2. The molecule has 0 spiro atoms. The molecule has 5 nitrogen and oxygen atoms in total. The van der Waals surface area contributed by atoms with Crippen molar-refractivity contribution in [2.75, 3.05) is 7.11 Å². The molecule has 2 aromatic heterocycles. The van der Waals surface area contributed by atoms with Gasteiger partial charge in [0.15, 0.2) is 0 Å². The molecule has 76 valence electrons. The van der Waals surface area contributed by atoms with Gasteiger partial charge in [-0.05, 0) is 12.1 Å². The summed E-state index contributed by atoms with van der Waals surface area (Å²) in [5, 5.41) is 0. The van der Waals surface area contributed by atoms with Gasteiger partial charge in [0.2, 0.25) is 5.78 Å². The summed E-state index contributed by atoms with van der Waals surface area (Å²) >= 11 is 0. The molecule has 0 aromatic carbocycles. The Balaban J connectivity index is 2.36. The minimum absolute atomic E-state index is 0.395. The largest absolute Gasteiger partial charge is 0.466 e. The van der Waals surface area contributed by atoms with Crippen LogP contribution in [0.2, 0.25) is 0 Å². The zero-order valence-electron chi connectivity index (χ0n) is 8.12. The Morgan fingerprint density at radius 2 is 2.40 bits per heavy atom. The number of ether oxygens (including phenoxy) is 1. The second-order valence-corrected chi connectivity index (χ2v) is 2.83. The number of esters is 1. The van der Waals surface area contributed by atoms with Gasteiger partial charge in [0.25, 0.3) is 0 Å². The van der Waals surface area contributed by atoms with Crippen LogP contribution in [-0.4, -0.2) is 27.4 Å². The fourth-order valence-corrected chi connectivity index (χ4v) is 1.19. The standard InChI is InChI=1S/C10H9N3O2/c1-15-9(14)4-3-8-7-12-10-11-5-2-6-13(8)10/h2-7H,1H3. The number of nitrogens with zero attached hydrogens (tertiary/aromatic N) is 3. The van der Waals surface area contributed by atoms with Crippen molar-refractivity contribution < 1.29 is 9.53 Å². The van der Waals surface area contributed by atoms with Crippen LogP contribution in [0.25, 0.3) is 11.9 Å². The molecule has 0 fully saturated rings. The van der Waals surface area contributed by atoms with Gasteiger partial charge < -0.3 is 4.74 Å². The first kappa shape index (κ1) is 9.39. The first-order valence-electron chi connectivity index (χ1n) is 4.35. The van der Waals surface area contributed by atoms with Crippen molar-refractivity contribution in [1.82, 2.24) is 14.4 Å². The molecule has 0 atom stereocenters. The molecule has 2 rings (SSSR count). The lowest BCUT2D eigenvalue weighted by molar-refractivity contribution is -0.134. The molecule has 0 amide bonds. The van der Waals surface area contributed by atoms with E-state index in [1.807, 2.05) is 6.20 Å². The topological polar surface area (TPSA) is 56.5 Å². The molecule has 5 heteroatoms. The molecule has 0 N–H and O–H groups in total. The van der Waals surface area contributed by atoms with Crippen LogP contribution in [0.4, 0.5) is 0 Å². The molecular weight excluding hydrogens is 194 g/mol. The molecule has 0 aliphatic rings. The molecule has 0 aliphatic carbocycles. The summed E-state index contributed by atoms with van der Waals surface area (Å²) in [6.07, 6.45) is 8.11. The summed E-state index contributed by atoms with van der Waals surface area (Å²) in [5.74, 6) is 0.204. The lowest BCUT2D eigenvalue weighted by Crippen LogP contribution is -1.94. The highest BCUT2D eigenvalue weighted by Crippen LogP contribution is 2.05. The van der Waals surface area contributed by atoms with Gasteiger partial charge in [-0.15, -0.1) is 0 Å². The number of methoxy groups -OCH3 is 1. The molecule has 0 aliphatic heterocycles. The molecule has 0 radical (unpaired) electrons. The van der Waals surface area contributed by atoms with E-state index in [4.69, 9.17) is 0 Å². The number of aromatic nitrogens is 3. The van der Waals surface area contributed by atoms with Gasteiger partial charge in [-0.3, -0.25) is 4.40 Å². The number of fused-ring (bicyclic) bond motifs is 1. The van der Waals surface area contributed by atoms with E-state index in [0.29, 0.717) is 5.78 Å². The Morgan fingerprint density at radius 1 is 1.53 bits per heavy atom. The van der Waals surface area contributed by atoms with Crippen molar-refractivity contribution in [2.45, 2.75) is 0 Å². The normalized spacial score (nSPS) is 11.0. The monoisotopic (exact) mass is 203 g/mol. The molecule has 0 saturated carbocycles. The van der Waals surface area contributed by atoms with Crippen LogP contribution in [0.5, 0.6) is 0 Å². The zero-order chi connectivity index (χ0) is 10.7. The highest BCUT2D eigenvalue weighted by molar-refractivity contribution is 5.86. The first-order chi connectivity index (χ1) is 7.31. The van der Waals surface area contributed by atoms with E-state index < -0.39 is 5.97 Å². The van der Waals surface area contributed by atoms with Gasteiger partial charge in [0.05, 0.1) is 19.0 Å². The number of rotatable bonds is 2. The predicted octanol–water partition coefficient (Wildman–Crippen LogP) is 0.915. The highest BCUT2D eigenvalue weighted by atomic mass is 16.5. The number of hydrogen-bond acceptors (Lipinski definition) is 4. The quantitative estimate of drug-likeness (QED) is 0.538. The van der Waals surface area contributed by atoms with Crippen LogP contribution in [0.15, 0.2) is 30.7 Å². The Morgan fingerprint density at radius 3 is 3.20 bits per heavy atom. The number of hydrogen-bond donors (Lipinski definition) is 0. The van der Waals surface area contributed by atoms with Crippen molar-refractivity contribution in [3.63, 3.8) is 0 Å². The van der Waals surface area contributed by atoms with Crippen LogP contribution in [0.3, 0.4) is 0 Å². The summed E-state index contributed by atoms with van der Waals surface area (Å²) < 4.78 is 6.27. The molecule has 2 aromatic rings. The Kier molecular flexibility index (Phi) is 2.45. The average Bonchev–Trinajstić information content (AvgIpc) is 2.69. The van der Waals surface area contributed by atoms with E-state index in [0.717, 1.165) is 5.69 Å². The van der Waals surface area contributed by atoms with E-state index in [1.165, 1.54) is 13.2 Å². The molecule has 15 heavy (non-hydrogen) atoms. The molecule has 0 saturated heterocycles. The van der Waals surface area contributed by atoms with E-state index in [1.54, 1.807) is 28.9 Å². The van der Waals surface area contributed by atoms with Crippen molar-refractivity contribution >= 4 is 17.8 Å². The number of carbonyl (C=O) groups is 1. The minimum Gasteiger partial charge on any atom is -0.466 e.